The summed E-state index contributed by atoms with van der Waals surface area (Å²) in [6.45, 7) is 8.50. The van der Waals surface area contributed by atoms with Crippen LogP contribution in [0, 0.1) is 6.92 Å². The molecule has 3 nitrogen and oxygen atoms in total. The van der Waals surface area contributed by atoms with Gasteiger partial charge in [0.25, 0.3) is 0 Å². The second kappa shape index (κ2) is 4.83. The lowest BCUT2D eigenvalue weighted by Crippen LogP contribution is -2.24. The minimum Gasteiger partial charge on any atom is -0.312 e. The number of rotatable bonds is 2. The van der Waals surface area contributed by atoms with Crippen molar-refractivity contribution >= 4 is 27.3 Å². The van der Waals surface area contributed by atoms with Crippen LogP contribution < -0.4 is 5.32 Å². The van der Waals surface area contributed by atoms with E-state index in [0.29, 0.717) is 0 Å². The number of nitrogens with zero attached hydrogens (tertiary/aromatic N) is 2. The standard InChI is InChI=1S/C17H17N3S/c1-11-8-14-15-10-19-7-5-16(15)20(17(14)21-11)12(2)13-4-3-6-18-9-13/h3-4,6,8-9,19H,2,5,7,10H2,1H3. The topological polar surface area (TPSA) is 29.9 Å². The molecule has 1 aliphatic rings. The van der Waals surface area contributed by atoms with Crippen LogP contribution in [-0.2, 0) is 13.0 Å². The van der Waals surface area contributed by atoms with E-state index in [-0.39, 0.29) is 0 Å². The summed E-state index contributed by atoms with van der Waals surface area (Å²) in [7, 11) is 0. The van der Waals surface area contributed by atoms with E-state index in [1.165, 1.54) is 26.4 Å². The number of thiophene rings is 1. The number of fused-ring (bicyclic) bond motifs is 3. The Labute approximate surface area is 127 Å². The molecule has 4 rings (SSSR count). The van der Waals surface area contributed by atoms with E-state index < -0.39 is 0 Å². The summed E-state index contributed by atoms with van der Waals surface area (Å²) < 4.78 is 2.35. The predicted octanol–water partition coefficient (Wildman–Crippen LogP) is 3.57. The molecule has 0 unspecified atom stereocenters. The second-order valence-electron chi connectivity index (χ2n) is 5.45. The zero-order valence-corrected chi connectivity index (χ0v) is 12.8. The highest BCUT2D eigenvalue weighted by Gasteiger charge is 2.23. The Morgan fingerprint density at radius 2 is 2.38 bits per heavy atom. The van der Waals surface area contributed by atoms with Crippen LogP contribution in [0.2, 0.25) is 0 Å². The fourth-order valence-electron chi connectivity index (χ4n) is 3.13. The van der Waals surface area contributed by atoms with Crippen molar-refractivity contribution in [3.63, 3.8) is 0 Å². The van der Waals surface area contributed by atoms with Gasteiger partial charge in [0.15, 0.2) is 0 Å². The van der Waals surface area contributed by atoms with Crippen LogP contribution in [0.3, 0.4) is 0 Å². The maximum Gasteiger partial charge on any atom is 0.108 e. The highest BCUT2D eigenvalue weighted by molar-refractivity contribution is 7.18. The molecule has 3 aromatic rings. The maximum absolute atomic E-state index is 4.34. The van der Waals surface area contributed by atoms with E-state index in [1.807, 2.05) is 23.6 Å². The van der Waals surface area contributed by atoms with Gasteiger partial charge >= 0.3 is 0 Å². The molecule has 1 aliphatic heterocycles. The first-order valence-electron chi connectivity index (χ1n) is 7.18. The second-order valence-corrected chi connectivity index (χ2v) is 6.69. The molecular weight excluding hydrogens is 278 g/mol. The van der Waals surface area contributed by atoms with Gasteiger partial charge in [-0.3, -0.25) is 4.98 Å². The third kappa shape index (κ3) is 1.94. The van der Waals surface area contributed by atoms with Gasteiger partial charge in [-0.05, 0) is 30.7 Å². The molecular formula is C17H17N3S. The lowest BCUT2D eigenvalue weighted by atomic mass is 10.1. The Hall–Kier alpha value is -1.91. The fourth-order valence-corrected chi connectivity index (χ4v) is 4.21. The lowest BCUT2D eigenvalue weighted by molar-refractivity contribution is 0.633. The van der Waals surface area contributed by atoms with Crippen molar-refractivity contribution in [3.05, 3.63) is 58.9 Å². The van der Waals surface area contributed by atoms with Gasteiger partial charge in [-0.25, -0.2) is 0 Å². The largest absolute Gasteiger partial charge is 0.312 e. The van der Waals surface area contributed by atoms with Gasteiger partial charge in [-0.2, -0.15) is 0 Å². The van der Waals surface area contributed by atoms with E-state index in [4.69, 9.17) is 0 Å². The van der Waals surface area contributed by atoms with E-state index >= 15 is 0 Å². The summed E-state index contributed by atoms with van der Waals surface area (Å²) in [5, 5.41) is 4.86. The first-order chi connectivity index (χ1) is 10.3. The van der Waals surface area contributed by atoms with Gasteiger partial charge in [0.05, 0.1) is 0 Å². The van der Waals surface area contributed by atoms with Gasteiger partial charge in [-0.1, -0.05) is 6.58 Å². The van der Waals surface area contributed by atoms with Crippen LogP contribution in [-0.4, -0.2) is 16.1 Å². The zero-order valence-electron chi connectivity index (χ0n) is 12.0. The van der Waals surface area contributed by atoms with Gasteiger partial charge in [0.1, 0.15) is 4.83 Å². The molecule has 0 saturated heterocycles. The van der Waals surface area contributed by atoms with Crippen LogP contribution in [0.15, 0.2) is 37.2 Å². The van der Waals surface area contributed by atoms with Crippen LogP contribution in [0.4, 0.5) is 0 Å². The quantitative estimate of drug-likeness (QED) is 0.783. The monoisotopic (exact) mass is 295 g/mol. The molecule has 0 atom stereocenters. The van der Waals surface area contributed by atoms with Gasteiger partial charge in [0.2, 0.25) is 0 Å². The molecule has 0 aromatic carbocycles. The zero-order chi connectivity index (χ0) is 14.4. The number of aryl methyl sites for hydroxylation is 1. The molecule has 0 fully saturated rings. The van der Waals surface area contributed by atoms with Gasteiger partial charge < -0.3 is 9.88 Å². The van der Waals surface area contributed by atoms with Crippen LogP contribution in [0.25, 0.3) is 15.9 Å². The molecule has 1 N–H and O–H groups in total. The summed E-state index contributed by atoms with van der Waals surface area (Å²) >= 11 is 1.85. The summed E-state index contributed by atoms with van der Waals surface area (Å²) in [5.74, 6) is 0. The van der Waals surface area contributed by atoms with Crippen LogP contribution in [0.1, 0.15) is 21.7 Å². The molecule has 0 aliphatic carbocycles. The van der Waals surface area contributed by atoms with Crippen molar-refractivity contribution in [2.45, 2.75) is 19.9 Å². The van der Waals surface area contributed by atoms with E-state index in [1.54, 1.807) is 6.20 Å². The smallest absolute Gasteiger partial charge is 0.108 e. The Kier molecular flexibility index (Phi) is 2.94. The van der Waals surface area contributed by atoms with Gasteiger partial charge in [-0.15, -0.1) is 11.3 Å². The van der Waals surface area contributed by atoms with Crippen molar-refractivity contribution in [1.82, 2.24) is 14.9 Å². The Bertz CT molecular complexity index is 827. The van der Waals surface area contributed by atoms with Crippen molar-refractivity contribution in [3.8, 4) is 0 Å². The fraction of sp³-hybridized carbons (Fsp3) is 0.235. The lowest BCUT2D eigenvalue weighted by Gasteiger charge is -2.18. The van der Waals surface area contributed by atoms with Crippen molar-refractivity contribution < 1.29 is 0 Å². The van der Waals surface area contributed by atoms with Crippen molar-refractivity contribution in [2.75, 3.05) is 6.54 Å². The maximum atomic E-state index is 4.34. The summed E-state index contributed by atoms with van der Waals surface area (Å²) in [6.07, 6.45) is 4.74. The van der Waals surface area contributed by atoms with Crippen LogP contribution in [0.5, 0.6) is 0 Å². The number of hydrogen-bond acceptors (Lipinski definition) is 3. The molecule has 0 saturated carbocycles. The highest BCUT2D eigenvalue weighted by Crippen LogP contribution is 2.37. The Morgan fingerprint density at radius 3 is 3.19 bits per heavy atom. The first kappa shape index (κ1) is 12.8. The van der Waals surface area contributed by atoms with E-state index in [2.05, 4.69) is 40.5 Å². The molecule has 0 spiro atoms. The molecule has 4 heteroatoms. The molecule has 0 amide bonds. The van der Waals surface area contributed by atoms with Crippen molar-refractivity contribution in [1.29, 1.82) is 0 Å². The third-order valence-electron chi connectivity index (χ3n) is 4.09. The molecule has 0 bridgehead atoms. The minimum absolute atomic E-state index is 0.954. The Morgan fingerprint density at radius 1 is 1.48 bits per heavy atom. The van der Waals surface area contributed by atoms with Crippen LogP contribution >= 0.6 is 11.3 Å². The molecule has 3 aromatic heterocycles. The first-order valence-corrected chi connectivity index (χ1v) is 8.00. The average molecular weight is 295 g/mol. The average Bonchev–Trinajstić information content (AvgIpc) is 3.02. The summed E-state index contributed by atoms with van der Waals surface area (Å²) in [6, 6.07) is 6.35. The molecule has 106 valence electrons. The van der Waals surface area contributed by atoms with E-state index in [9.17, 15) is 0 Å². The Balaban J connectivity index is 1.97. The highest BCUT2D eigenvalue weighted by atomic mass is 32.1. The van der Waals surface area contributed by atoms with Gasteiger partial charge in [0, 0.05) is 59.1 Å². The molecule has 4 heterocycles. The minimum atomic E-state index is 0.954. The molecule has 21 heavy (non-hydrogen) atoms. The van der Waals surface area contributed by atoms with Crippen molar-refractivity contribution in [2.24, 2.45) is 0 Å². The third-order valence-corrected chi connectivity index (χ3v) is 5.12. The normalized spacial score (nSPS) is 14.3. The SMILES string of the molecule is C=C(c1cccnc1)n1c2c(c3cc(C)sc31)CNCC2. The number of nitrogens with one attached hydrogen (secondary N) is 1. The molecule has 0 radical (unpaired) electrons. The number of hydrogen-bond donors (Lipinski definition) is 1. The predicted molar refractivity (Wildman–Crippen MR) is 88.6 cm³/mol. The van der Waals surface area contributed by atoms with E-state index in [0.717, 1.165) is 30.8 Å². The summed E-state index contributed by atoms with van der Waals surface area (Å²) in [5.41, 5.74) is 4.95. The number of pyridine rings is 1. The number of aromatic nitrogens is 2. The summed E-state index contributed by atoms with van der Waals surface area (Å²) in [4.78, 5) is 6.89.